The van der Waals surface area contributed by atoms with Gasteiger partial charge in [0.05, 0.1) is 11.4 Å². The highest BCUT2D eigenvalue weighted by Gasteiger charge is 2.17. The Morgan fingerprint density at radius 3 is 2.46 bits per heavy atom. The fourth-order valence-corrected chi connectivity index (χ4v) is 3.51. The molecular weight excluding hydrogens is 439 g/mol. The summed E-state index contributed by atoms with van der Waals surface area (Å²) in [7, 11) is -3.48. The lowest BCUT2D eigenvalue weighted by Gasteiger charge is -2.31. The Hall–Kier alpha value is -0.870. The van der Waals surface area contributed by atoms with E-state index in [9.17, 15) is 8.42 Å². The number of hydrogen-bond donors (Lipinski definition) is 2. The van der Waals surface area contributed by atoms with Crippen LogP contribution in [0.2, 0.25) is 0 Å². The number of aryl methyl sites for hydroxylation is 1. The molecule has 8 heteroatoms. The normalized spacial score (nSPS) is 16.8. The van der Waals surface area contributed by atoms with Crippen LogP contribution in [0.25, 0.3) is 0 Å². The van der Waals surface area contributed by atoms with Crippen LogP contribution in [0, 0.1) is 12.8 Å². The number of sulfonamides is 1. The third kappa shape index (κ3) is 6.21. The van der Waals surface area contributed by atoms with Crippen molar-refractivity contribution in [3.8, 4) is 0 Å². The van der Waals surface area contributed by atoms with Gasteiger partial charge in [-0.3, -0.25) is 4.99 Å². The van der Waals surface area contributed by atoms with Crippen molar-refractivity contribution in [3.05, 3.63) is 29.8 Å². The molecule has 3 N–H and O–H groups in total. The highest BCUT2D eigenvalue weighted by Crippen LogP contribution is 2.15. The Morgan fingerprint density at radius 2 is 1.88 bits per heavy atom. The number of nitrogens with two attached hydrogens (primary N) is 1. The van der Waals surface area contributed by atoms with Crippen molar-refractivity contribution in [2.75, 3.05) is 26.2 Å². The predicted octanol–water partition coefficient (Wildman–Crippen LogP) is 1.94. The van der Waals surface area contributed by atoms with Gasteiger partial charge in [-0.25, -0.2) is 13.1 Å². The van der Waals surface area contributed by atoms with E-state index in [2.05, 4.69) is 21.5 Å². The van der Waals surface area contributed by atoms with E-state index < -0.39 is 10.0 Å². The van der Waals surface area contributed by atoms with Gasteiger partial charge >= 0.3 is 0 Å². The minimum absolute atomic E-state index is 0. The second-order valence-corrected chi connectivity index (χ2v) is 7.89. The molecule has 2 rings (SSSR count). The molecule has 1 aromatic rings. The van der Waals surface area contributed by atoms with Gasteiger partial charge < -0.3 is 10.6 Å². The number of piperidine rings is 1. The maximum atomic E-state index is 12.1. The number of hydrogen-bond acceptors (Lipinski definition) is 3. The second kappa shape index (κ2) is 9.57. The van der Waals surface area contributed by atoms with E-state index in [1.165, 1.54) is 0 Å². The minimum atomic E-state index is -3.48. The van der Waals surface area contributed by atoms with Crippen molar-refractivity contribution in [3.63, 3.8) is 0 Å². The molecule has 0 saturated carbocycles. The lowest BCUT2D eigenvalue weighted by molar-refractivity contribution is 0.277. The predicted molar refractivity (Wildman–Crippen MR) is 108 cm³/mol. The SMILES string of the molecule is Cc1ccc(S(=O)(=O)NCCN=C(N)N2CCC(C)CC2)cc1.I. The molecule has 1 saturated heterocycles. The zero-order valence-corrected chi connectivity index (χ0v) is 17.4. The van der Waals surface area contributed by atoms with Gasteiger partial charge in [0.15, 0.2) is 5.96 Å². The molecule has 24 heavy (non-hydrogen) atoms. The number of benzene rings is 1. The van der Waals surface area contributed by atoms with Crippen LogP contribution in [-0.4, -0.2) is 45.5 Å². The summed E-state index contributed by atoms with van der Waals surface area (Å²) in [5.41, 5.74) is 7.00. The summed E-state index contributed by atoms with van der Waals surface area (Å²) < 4.78 is 26.8. The first kappa shape index (κ1) is 21.2. The fraction of sp³-hybridized carbons (Fsp3) is 0.562. The molecule has 1 aromatic carbocycles. The van der Waals surface area contributed by atoms with Gasteiger partial charge in [-0.15, -0.1) is 24.0 Å². The molecule has 0 unspecified atom stereocenters. The summed E-state index contributed by atoms with van der Waals surface area (Å²) in [6.07, 6.45) is 2.24. The summed E-state index contributed by atoms with van der Waals surface area (Å²) in [4.78, 5) is 6.61. The van der Waals surface area contributed by atoms with Gasteiger partial charge in [0.25, 0.3) is 0 Å². The summed E-state index contributed by atoms with van der Waals surface area (Å²) >= 11 is 0. The molecule has 0 atom stereocenters. The van der Waals surface area contributed by atoms with E-state index in [1.54, 1.807) is 24.3 Å². The Kier molecular flexibility index (Phi) is 8.44. The summed E-state index contributed by atoms with van der Waals surface area (Å²) in [6.45, 7) is 6.58. The van der Waals surface area contributed by atoms with Crippen LogP contribution in [0.3, 0.4) is 0 Å². The average molecular weight is 466 g/mol. The van der Waals surface area contributed by atoms with E-state index in [4.69, 9.17) is 5.73 Å². The molecule has 136 valence electrons. The molecule has 0 amide bonds. The van der Waals surface area contributed by atoms with Gasteiger partial charge in [-0.1, -0.05) is 24.6 Å². The molecule has 0 spiro atoms. The van der Waals surface area contributed by atoms with Crippen molar-refractivity contribution in [2.24, 2.45) is 16.6 Å². The lowest BCUT2D eigenvalue weighted by atomic mass is 10.00. The van der Waals surface area contributed by atoms with Gasteiger partial charge in [0.2, 0.25) is 10.0 Å². The Morgan fingerprint density at radius 1 is 1.29 bits per heavy atom. The van der Waals surface area contributed by atoms with Crippen LogP contribution in [0.15, 0.2) is 34.2 Å². The monoisotopic (exact) mass is 466 g/mol. The Bertz CT molecular complexity index is 639. The van der Waals surface area contributed by atoms with Gasteiger partial charge in [-0.2, -0.15) is 0 Å². The Labute approximate surface area is 162 Å². The fourth-order valence-electron chi connectivity index (χ4n) is 2.49. The maximum Gasteiger partial charge on any atom is 0.240 e. The zero-order valence-electron chi connectivity index (χ0n) is 14.2. The summed E-state index contributed by atoms with van der Waals surface area (Å²) in [5, 5.41) is 0. The van der Waals surface area contributed by atoms with Gasteiger partial charge in [-0.05, 0) is 37.8 Å². The van der Waals surface area contributed by atoms with Crippen LogP contribution in [-0.2, 0) is 10.0 Å². The molecule has 1 heterocycles. The Balaban J connectivity index is 0.00000288. The first-order valence-electron chi connectivity index (χ1n) is 7.99. The van der Waals surface area contributed by atoms with E-state index in [0.29, 0.717) is 12.5 Å². The summed E-state index contributed by atoms with van der Waals surface area (Å²) in [6, 6.07) is 6.76. The van der Waals surface area contributed by atoms with E-state index in [1.807, 2.05) is 6.92 Å². The highest BCUT2D eigenvalue weighted by atomic mass is 127. The van der Waals surface area contributed by atoms with Gasteiger partial charge in [0.1, 0.15) is 0 Å². The molecule has 1 fully saturated rings. The molecule has 0 radical (unpaired) electrons. The number of nitrogens with zero attached hydrogens (tertiary/aromatic N) is 2. The molecule has 6 nitrogen and oxygen atoms in total. The maximum absolute atomic E-state index is 12.1. The zero-order chi connectivity index (χ0) is 16.9. The van der Waals surface area contributed by atoms with Crippen LogP contribution in [0.5, 0.6) is 0 Å². The third-order valence-electron chi connectivity index (χ3n) is 4.12. The first-order chi connectivity index (χ1) is 10.9. The molecule has 0 aliphatic carbocycles. The quantitative estimate of drug-likeness (QED) is 0.301. The standard InChI is InChI=1S/C16H26N4O2S.HI/c1-13-3-5-15(6-4-13)23(21,22)19-10-9-18-16(17)20-11-7-14(2)8-12-20;/h3-6,14,19H,7-12H2,1-2H3,(H2,17,18);1H. The van der Waals surface area contributed by atoms with E-state index >= 15 is 0 Å². The number of likely N-dealkylation sites (tertiary alicyclic amines) is 1. The van der Waals surface area contributed by atoms with Gasteiger partial charge in [0, 0.05) is 19.6 Å². The molecule has 1 aliphatic rings. The van der Waals surface area contributed by atoms with Crippen LogP contribution >= 0.6 is 24.0 Å². The average Bonchev–Trinajstić information content (AvgIpc) is 2.52. The largest absolute Gasteiger partial charge is 0.370 e. The number of guanidine groups is 1. The van der Waals surface area contributed by atoms with Crippen LogP contribution in [0.4, 0.5) is 0 Å². The molecule has 0 bridgehead atoms. The van der Waals surface area contributed by atoms with Crippen molar-refractivity contribution < 1.29 is 8.42 Å². The lowest BCUT2D eigenvalue weighted by Crippen LogP contribution is -2.42. The number of rotatable bonds is 5. The number of aliphatic imine (C=N–C) groups is 1. The number of halogens is 1. The molecule has 0 aromatic heterocycles. The summed E-state index contributed by atoms with van der Waals surface area (Å²) in [5.74, 6) is 1.24. The molecule has 1 aliphatic heterocycles. The van der Waals surface area contributed by atoms with Crippen LogP contribution in [0.1, 0.15) is 25.3 Å². The van der Waals surface area contributed by atoms with Crippen molar-refractivity contribution >= 4 is 40.0 Å². The first-order valence-corrected chi connectivity index (χ1v) is 9.48. The molecular formula is C16H27IN4O2S. The van der Waals surface area contributed by atoms with Crippen LogP contribution < -0.4 is 10.5 Å². The minimum Gasteiger partial charge on any atom is -0.370 e. The van der Waals surface area contributed by atoms with E-state index in [-0.39, 0.29) is 35.4 Å². The third-order valence-corrected chi connectivity index (χ3v) is 5.59. The van der Waals surface area contributed by atoms with E-state index in [0.717, 1.165) is 37.4 Å². The highest BCUT2D eigenvalue weighted by molar-refractivity contribution is 14.0. The van der Waals surface area contributed by atoms with Crippen molar-refractivity contribution in [2.45, 2.75) is 31.6 Å². The van der Waals surface area contributed by atoms with Crippen molar-refractivity contribution in [1.29, 1.82) is 0 Å². The smallest absolute Gasteiger partial charge is 0.240 e. The topological polar surface area (TPSA) is 87.8 Å². The number of nitrogens with one attached hydrogen (secondary N) is 1. The second-order valence-electron chi connectivity index (χ2n) is 6.12. The van der Waals surface area contributed by atoms with Crippen molar-refractivity contribution in [1.82, 2.24) is 9.62 Å².